The van der Waals surface area contributed by atoms with Crippen molar-refractivity contribution < 1.29 is 0 Å². The van der Waals surface area contributed by atoms with E-state index in [0.717, 1.165) is 6.42 Å². The molecule has 0 atom stereocenters. The van der Waals surface area contributed by atoms with Crippen LogP contribution in [0.4, 0.5) is 0 Å². The van der Waals surface area contributed by atoms with Crippen LogP contribution in [0, 0.1) is 13.8 Å². The van der Waals surface area contributed by atoms with Gasteiger partial charge in [0.2, 0.25) is 0 Å². The highest BCUT2D eigenvalue weighted by Gasteiger charge is 1.97. The molecule has 0 radical (unpaired) electrons. The molecule has 1 rings (SSSR count). The van der Waals surface area contributed by atoms with Gasteiger partial charge in [0.15, 0.2) is 0 Å². The fourth-order valence-electron chi connectivity index (χ4n) is 1.30. The van der Waals surface area contributed by atoms with Crippen LogP contribution in [-0.2, 0) is 0 Å². The van der Waals surface area contributed by atoms with Crippen LogP contribution in [0.3, 0.4) is 0 Å². The van der Waals surface area contributed by atoms with Gasteiger partial charge in [0.25, 0.3) is 0 Å². The Morgan fingerprint density at radius 1 is 1.31 bits per heavy atom. The summed E-state index contributed by atoms with van der Waals surface area (Å²) >= 11 is 0. The van der Waals surface area contributed by atoms with E-state index >= 15 is 0 Å². The second kappa shape index (κ2) is 4.27. The van der Waals surface area contributed by atoms with Crippen molar-refractivity contribution in [2.45, 2.75) is 34.1 Å². The van der Waals surface area contributed by atoms with Gasteiger partial charge in [-0.15, -0.1) is 0 Å². The molecule has 0 unspecified atom stereocenters. The Bertz CT molecular complexity index is 319. The molecule has 0 aliphatic heterocycles. The van der Waals surface area contributed by atoms with E-state index in [2.05, 4.69) is 52.0 Å². The molecule has 0 aromatic heterocycles. The number of hydrogen-bond donors (Lipinski definition) is 0. The molecule has 70 valence electrons. The number of aryl methyl sites for hydroxylation is 1. The summed E-state index contributed by atoms with van der Waals surface area (Å²) < 4.78 is 0. The van der Waals surface area contributed by atoms with Gasteiger partial charge in [-0.1, -0.05) is 36.8 Å². The molecule has 0 saturated carbocycles. The van der Waals surface area contributed by atoms with Crippen molar-refractivity contribution in [1.29, 1.82) is 0 Å². The zero-order chi connectivity index (χ0) is 9.84. The average Bonchev–Trinajstić information content (AvgIpc) is 2.13. The number of hydrogen-bond acceptors (Lipinski definition) is 0. The first-order valence-corrected chi connectivity index (χ1v) is 4.88. The summed E-state index contributed by atoms with van der Waals surface area (Å²) in [5.74, 6) is 0. The first kappa shape index (κ1) is 10.0. The zero-order valence-corrected chi connectivity index (χ0v) is 9.02. The van der Waals surface area contributed by atoms with Gasteiger partial charge in [-0.2, -0.15) is 0 Å². The second-order valence-electron chi connectivity index (χ2n) is 3.63. The molecular weight excluding hydrogens is 156 g/mol. The third kappa shape index (κ3) is 2.45. The van der Waals surface area contributed by atoms with E-state index in [9.17, 15) is 0 Å². The van der Waals surface area contributed by atoms with Crippen LogP contribution in [0.25, 0.3) is 6.08 Å². The molecule has 0 spiro atoms. The Balaban J connectivity index is 3.09. The van der Waals surface area contributed by atoms with Gasteiger partial charge in [-0.3, -0.25) is 0 Å². The van der Waals surface area contributed by atoms with Crippen LogP contribution in [0.5, 0.6) is 0 Å². The van der Waals surface area contributed by atoms with Crippen LogP contribution in [0.1, 0.15) is 37.0 Å². The maximum absolute atomic E-state index is 2.28. The molecule has 1 aromatic carbocycles. The van der Waals surface area contributed by atoms with Crippen molar-refractivity contribution >= 4 is 6.08 Å². The number of allylic oxidation sites excluding steroid dienone is 1. The van der Waals surface area contributed by atoms with Crippen LogP contribution in [0.15, 0.2) is 23.8 Å². The maximum Gasteiger partial charge on any atom is -0.0225 e. The van der Waals surface area contributed by atoms with Gasteiger partial charge in [-0.25, -0.2) is 0 Å². The highest BCUT2D eigenvalue weighted by Crippen LogP contribution is 2.16. The fraction of sp³-hybridized carbons (Fsp3) is 0.385. The minimum Gasteiger partial charge on any atom is -0.0730 e. The molecule has 0 aliphatic carbocycles. The lowest BCUT2D eigenvalue weighted by molar-refractivity contribution is 1.11. The van der Waals surface area contributed by atoms with Gasteiger partial charge in [-0.05, 0) is 43.9 Å². The molecule has 0 fully saturated rings. The van der Waals surface area contributed by atoms with Crippen molar-refractivity contribution in [2.24, 2.45) is 0 Å². The summed E-state index contributed by atoms with van der Waals surface area (Å²) in [6.07, 6.45) is 3.41. The fourth-order valence-corrected chi connectivity index (χ4v) is 1.30. The zero-order valence-electron chi connectivity index (χ0n) is 9.02. The Morgan fingerprint density at radius 3 is 2.62 bits per heavy atom. The van der Waals surface area contributed by atoms with Crippen LogP contribution >= 0.6 is 0 Å². The molecule has 0 heterocycles. The first-order chi connectivity index (χ1) is 6.15. The first-order valence-electron chi connectivity index (χ1n) is 4.88. The topological polar surface area (TPSA) is 0 Å². The van der Waals surface area contributed by atoms with Gasteiger partial charge < -0.3 is 0 Å². The summed E-state index contributed by atoms with van der Waals surface area (Å²) in [7, 11) is 0. The van der Waals surface area contributed by atoms with Gasteiger partial charge in [0.1, 0.15) is 0 Å². The summed E-state index contributed by atoms with van der Waals surface area (Å²) in [5, 5.41) is 0. The monoisotopic (exact) mass is 174 g/mol. The highest BCUT2D eigenvalue weighted by atomic mass is 14.0. The minimum absolute atomic E-state index is 1.13. The molecule has 1 aromatic rings. The maximum atomic E-state index is 2.28. The SMILES string of the molecule is CCC(C)=Cc1cccc(C)c1C. The second-order valence-corrected chi connectivity index (χ2v) is 3.63. The average molecular weight is 174 g/mol. The molecule has 13 heavy (non-hydrogen) atoms. The smallest absolute Gasteiger partial charge is 0.0225 e. The predicted molar refractivity (Wildman–Crippen MR) is 59.9 cm³/mol. The Morgan fingerprint density at radius 2 is 2.00 bits per heavy atom. The van der Waals surface area contributed by atoms with Crippen molar-refractivity contribution in [1.82, 2.24) is 0 Å². The standard InChI is InChI=1S/C13H18/c1-5-10(2)9-13-8-6-7-11(3)12(13)4/h6-9H,5H2,1-4H3. The third-order valence-electron chi connectivity index (χ3n) is 2.61. The lowest BCUT2D eigenvalue weighted by Gasteiger charge is -2.05. The highest BCUT2D eigenvalue weighted by molar-refractivity contribution is 5.57. The lowest BCUT2D eigenvalue weighted by Crippen LogP contribution is -1.85. The third-order valence-corrected chi connectivity index (χ3v) is 2.61. The lowest BCUT2D eigenvalue weighted by atomic mass is 10.0. The van der Waals surface area contributed by atoms with Crippen LogP contribution < -0.4 is 0 Å². The summed E-state index contributed by atoms with van der Waals surface area (Å²) in [6.45, 7) is 8.72. The molecule has 0 heteroatoms. The van der Waals surface area contributed by atoms with E-state index < -0.39 is 0 Å². The molecule has 0 amide bonds. The molecular formula is C13H18. The van der Waals surface area contributed by atoms with Crippen molar-refractivity contribution in [2.75, 3.05) is 0 Å². The largest absolute Gasteiger partial charge is 0.0730 e. The van der Waals surface area contributed by atoms with Gasteiger partial charge in [0, 0.05) is 0 Å². The van der Waals surface area contributed by atoms with E-state index in [1.807, 2.05) is 0 Å². The van der Waals surface area contributed by atoms with Crippen LogP contribution in [0.2, 0.25) is 0 Å². The van der Waals surface area contributed by atoms with Crippen LogP contribution in [-0.4, -0.2) is 0 Å². The van der Waals surface area contributed by atoms with E-state index in [4.69, 9.17) is 0 Å². The normalized spacial score (nSPS) is 11.8. The summed E-state index contributed by atoms with van der Waals surface area (Å²) in [4.78, 5) is 0. The molecule has 0 saturated heterocycles. The Hall–Kier alpha value is -1.04. The minimum atomic E-state index is 1.13. The van der Waals surface area contributed by atoms with E-state index in [1.165, 1.54) is 22.3 Å². The van der Waals surface area contributed by atoms with E-state index in [0.29, 0.717) is 0 Å². The Kier molecular flexibility index (Phi) is 3.30. The molecule has 0 bridgehead atoms. The molecule has 0 aliphatic rings. The molecule has 0 nitrogen and oxygen atoms in total. The number of rotatable bonds is 2. The van der Waals surface area contributed by atoms with E-state index in [-0.39, 0.29) is 0 Å². The van der Waals surface area contributed by atoms with Gasteiger partial charge >= 0.3 is 0 Å². The predicted octanol–water partition coefficient (Wildman–Crippen LogP) is 4.12. The van der Waals surface area contributed by atoms with Gasteiger partial charge in [0.05, 0.1) is 0 Å². The number of benzene rings is 1. The van der Waals surface area contributed by atoms with Crippen molar-refractivity contribution in [3.05, 3.63) is 40.5 Å². The summed E-state index contributed by atoms with van der Waals surface area (Å²) in [6, 6.07) is 6.46. The summed E-state index contributed by atoms with van der Waals surface area (Å²) in [5.41, 5.74) is 5.57. The van der Waals surface area contributed by atoms with Crippen molar-refractivity contribution in [3.63, 3.8) is 0 Å². The molecule has 0 N–H and O–H groups in total. The van der Waals surface area contributed by atoms with Crippen molar-refractivity contribution in [3.8, 4) is 0 Å². The quantitative estimate of drug-likeness (QED) is 0.632. The van der Waals surface area contributed by atoms with E-state index in [1.54, 1.807) is 0 Å². The Labute approximate surface area is 81.3 Å².